The van der Waals surface area contributed by atoms with Crippen molar-refractivity contribution in [2.24, 2.45) is 5.41 Å². The van der Waals surface area contributed by atoms with Crippen LogP contribution >= 0.6 is 0 Å². The standard InChI is InChI=1S/C20H25FN4O2/c1-14-16(26)5-6-19(2,18(14)25-9-3-4-17(25)22)27-13-20(7-8-20)12-24-11-15(21)10-23-24/h3-6,9-11,18,26H,7-8,12-13,22H2,1-2H3. The van der Waals surface area contributed by atoms with Crippen LogP contribution in [0.15, 0.2) is 54.2 Å². The Morgan fingerprint density at radius 2 is 2.22 bits per heavy atom. The van der Waals surface area contributed by atoms with Crippen LogP contribution in [0.25, 0.3) is 0 Å². The Morgan fingerprint density at radius 1 is 1.44 bits per heavy atom. The van der Waals surface area contributed by atoms with Crippen LogP contribution in [-0.2, 0) is 11.3 Å². The summed E-state index contributed by atoms with van der Waals surface area (Å²) >= 11 is 0. The summed E-state index contributed by atoms with van der Waals surface area (Å²) in [5.41, 5.74) is 6.25. The number of hydrogen-bond acceptors (Lipinski definition) is 4. The van der Waals surface area contributed by atoms with Gasteiger partial charge in [0.1, 0.15) is 17.2 Å². The molecule has 2 aromatic heterocycles. The van der Waals surface area contributed by atoms with E-state index >= 15 is 0 Å². The molecule has 0 saturated heterocycles. The summed E-state index contributed by atoms with van der Waals surface area (Å²) in [6, 6.07) is 3.47. The van der Waals surface area contributed by atoms with Crippen molar-refractivity contribution in [3.8, 4) is 0 Å². The molecule has 0 aromatic carbocycles. The second-order valence-electron chi connectivity index (χ2n) is 7.97. The van der Waals surface area contributed by atoms with E-state index < -0.39 is 5.60 Å². The van der Waals surface area contributed by atoms with Gasteiger partial charge in [-0.1, -0.05) is 0 Å². The summed E-state index contributed by atoms with van der Waals surface area (Å²) in [6.07, 6.45) is 10.2. The number of rotatable bonds is 6. The minimum Gasteiger partial charge on any atom is -0.508 e. The summed E-state index contributed by atoms with van der Waals surface area (Å²) in [5.74, 6) is 0.529. The zero-order valence-corrected chi connectivity index (χ0v) is 15.6. The molecule has 2 aromatic rings. The summed E-state index contributed by atoms with van der Waals surface area (Å²) in [7, 11) is 0. The molecule has 7 heteroatoms. The Balaban J connectivity index is 1.54. The van der Waals surface area contributed by atoms with E-state index in [1.54, 1.807) is 10.8 Å². The van der Waals surface area contributed by atoms with E-state index in [1.165, 1.54) is 12.4 Å². The predicted octanol–water partition coefficient (Wildman–Crippen LogP) is 3.60. The number of nitrogens with zero attached hydrogens (tertiary/aromatic N) is 3. The van der Waals surface area contributed by atoms with Crippen molar-refractivity contribution in [2.75, 3.05) is 12.3 Å². The van der Waals surface area contributed by atoms with Crippen LogP contribution in [0.5, 0.6) is 0 Å². The average Bonchev–Trinajstić information content (AvgIpc) is 3.08. The van der Waals surface area contributed by atoms with Gasteiger partial charge in [-0.15, -0.1) is 0 Å². The number of halogens is 1. The number of nitrogens with two attached hydrogens (primary N) is 1. The number of allylic oxidation sites excluding steroid dienone is 1. The minimum absolute atomic E-state index is 0.0286. The van der Waals surface area contributed by atoms with Crippen molar-refractivity contribution >= 4 is 5.82 Å². The first-order valence-electron chi connectivity index (χ1n) is 9.15. The maximum absolute atomic E-state index is 13.2. The third-order valence-corrected chi connectivity index (χ3v) is 5.76. The Morgan fingerprint density at radius 3 is 2.81 bits per heavy atom. The van der Waals surface area contributed by atoms with Gasteiger partial charge in [-0.2, -0.15) is 5.10 Å². The molecule has 2 heterocycles. The molecule has 4 rings (SSSR count). The van der Waals surface area contributed by atoms with Gasteiger partial charge in [-0.25, -0.2) is 4.39 Å². The quantitative estimate of drug-likeness (QED) is 0.812. The van der Waals surface area contributed by atoms with Gasteiger partial charge < -0.3 is 20.1 Å². The molecule has 0 radical (unpaired) electrons. The number of hydrogen-bond donors (Lipinski definition) is 2. The number of nitrogen functional groups attached to an aromatic ring is 1. The summed E-state index contributed by atoms with van der Waals surface area (Å²) in [4.78, 5) is 0. The second kappa shape index (κ2) is 6.27. The van der Waals surface area contributed by atoms with E-state index in [4.69, 9.17) is 10.5 Å². The normalized spacial score (nSPS) is 26.6. The molecule has 2 atom stereocenters. The molecule has 0 spiro atoms. The number of aromatic nitrogens is 3. The fourth-order valence-corrected chi connectivity index (χ4v) is 3.89. The number of aliphatic hydroxyl groups excluding tert-OH is 1. The Labute approximate surface area is 157 Å². The smallest absolute Gasteiger partial charge is 0.161 e. The van der Waals surface area contributed by atoms with Gasteiger partial charge in [-0.3, -0.25) is 4.68 Å². The summed E-state index contributed by atoms with van der Waals surface area (Å²) < 4.78 is 23.2. The fourth-order valence-electron chi connectivity index (χ4n) is 3.89. The molecule has 2 unspecified atom stereocenters. The molecule has 6 nitrogen and oxygen atoms in total. The highest BCUT2D eigenvalue weighted by Gasteiger charge is 2.47. The lowest BCUT2D eigenvalue weighted by Gasteiger charge is -2.40. The molecule has 27 heavy (non-hydrogen) atoms. The first-order valence-corrected chi connectivity index (χ1v) is 9.15. The highest BCUT2D eigenvalue weighted by atomic mass is 19.1. The van der Waals surface area contributed by atoms with Crippen molar-refractivity contribution in [1.82, 2.24) is 14.3 Å². The number of ether oxygens (including phenoxy) is 1. The Hall–Kier alpha value is -2.54. The zero-order chi connectivity index (χ0) is 19.2. The van der Waals surface area contributed by atoms with Crippen molar-refractivity contribution in [3.63, 3.8) is 0 Å². The van der Waals surface area contributed by atoms with Crippen molar-refractivity contribution in [1.29, 1.82) is 0 Å². The lowest BCUT2D eigenvalue weighted by Crippen LogP contribution is -2.42. The molecule has 144 valence electrons. The van der Waals surface area contributed by atoms with E-state index in [-0.39, 0.29) is 23.0 Å². The van der Waals surface area contributed by atoms with Gasteiger partial charge in [0, 0.05) is 18.2 Å². The van der Waals surface area contributed by atoms with E-state index in [9.17, 15) is 9.50 Å². The van der Waals surface area contributed by atoms with Crippen LogP contribution in [0.3, 0.4) is 0 Å². The van der Waals surface area contributed by atoms with Gasteiger partial charge in [-0.05, 0) is 56.5 Å². The first kappa shape index (κ1) is 17.9. The monoisotopic (exact) mass is 372 g/mol. The SMILES string of the molecule is CC1=C(O)C=CC(C)(OCC2(Cn3cc(F)cn3)CC2)C1n1cccc1N. The molecular formula is C20H25FN4O2. The van der Waals surface area contributed by atoms with Crippen LogP contribution in [0.2, 0.25) is 0 Å². The van der Waals surface area contributed by atoms with E-state index in [1.807, 2.05) is 42.8 Å². The van der Waals surface area contributed by atoms with Crippen LogP contribution in [0.4, 0.5) is 10.2 Å². The third kappa shape index (κ3) is 3.27. The minimum atomic E-state index is -0.658. The molecule has 1 saturated carbocycles. The molecule has 0 amide bonds. The van der Waals surface area contributed by atoms with Crippen LogP contribution < -0.4 is 5.73 Å². The zero-order valence-electron chi connectivity index (χ0n) is 15.6. The predicted molar refractivity (Wildman–Crippen MR) is 101 cm³/mol. The van der Waals surface area contributed by atoms with E-state index in [2.05, 4.69) is 5.10 Å². The van der Waals surface area contributed by atoms with Crippen molar-refractivity contribution in [3.05, 3.63) is 60.0 Å². The highest BCUT2D eigenvalue weighted by molar-refractivity contribution is 5.39. The topological polar surface area (TPSA) is 78.2 Å². The van der Waals surface area contributed by atoms with E-state index in [0.717, 1.165) is 18.4 Å². The molecule has 0 aliphatic heterocycles. The number of anilines is 1. The lowest BCUT2D eigenvalue weighted by molar-refractivity contribution is -0.0496. The van der Waals surface area contributed by atoms with Gasteiger partial charge in [0.25, 0.3) is 0 Å². The molecular weight excluding hydrogens is 347 g/mol. The molecule has 2 aliphatic rings. The molecule has 3 N–H and O–H groups in total. The lowest BCUT2D eigenvalue weighted by atomic mass is 9.84. The number of aliphatic hydroxyl groups is 1. The van der Waals surface area contributed by atoms with Crippen molar-refractivity contribution in [2.45, 2.75) is 44.9 Å². The van der Waals surface area contributed by atoms with Gasteiger partial charge in [0.2, 0.25) is 0 Å². The van der Waals surface area contributed by atoms with Crippen LogP contribution in [-0.4, -0.2) is 31.7 Å². The Bertz CT molecular complexity index is 909. The van der Waals surface area contributed by atoms with Crippen LogP contribution in [0, 0.1) is 11.2 Å². The highest BCUT2D eigenvalue weighted by Crippen LogP contribution is 2.49. The second-order valence-corrected chi connectivity index (χ2v) is 7.97. The summed E-state index contributed by atoms with van der Waals surface area (Å²) in [5, 5.41) is 14.3. The average molecular weight is 372 g/mol. The first-order chi connectivity index (χ1) is 12.8. The van der Waals surface area contributed by atoms with Crippen LogP contribution in [0.1, 0.15) is 32.7 Å². The molecule has 2 aliphatic carbocycles. The van der Waals surface area contributed by atoms with E-state index in [0.29, 0.717) is 19.0 Å². The van der Waals surface area contributed by atoms with Gasteiger partial charge in [0.05, 0.1) is 25.0 Å². The van der Waals surface area contributed by atoms with Gasteiger partial charge >= 0.3 is 0 Å². The molecule has 1 fully saturated rings. The fraction of sp³-hybridized carbons (Fsp3) is 0.450. The van der Waals surface area contributed by atoms with Gasteiger partial charge in [0.15, 0.2) is 5.82 Å². The third-order valence-electron chi connectivity index (χ3n) is 5.76. The van der Waals surface area contributed by atoms with Crippen molar-refractivity contribution < 1.29 is 14.2 Å². The maximum atomic E-state index is 13.2. The maximum Gasteiger partial charge on any atom is 0.161 e. The largest absolute Gasteiger partial charge is 0.508 e. The Kier molecular flexibility index (Phi) is 4.14. The molecule has 0 bridgehead atoms. The summed E-state index contributed by atoms with van der Waals surface area (Å²) in [6.45, 7) is 5.06.